The Hall–Kier alpha value is -1.31. The van der Waals surface area contributed by atoms with Gasteiger partial charge >= 0.3 is 0 Å². The number of pyridine rings is 1. The third-order valence-electron chi connectivity index (χ3n) is 3.36. The Kier molecular flexibility index (Phi) is 6.48. The molecule has 1 aliphatic heterocycles. The minimum absolute atomic E-state index is 0.00775. The first-order valence-corrected chi connectivity index (χ1v) is 8.63. The third kappa shape index (κ3) is 4.59. The van der Waals surface area contributed by atoms with Gasteiger partial charge < -0.3 is 16.0 Å². The minimum atomic E-state index is -0.502. The molecule has 0 aliphatic carbocycles. The number of aromatic nitrogens is 1. The quantitative estimate of drug-likeness (QED) is 0.597. The van der Waals surface area contributed by atoms with E-state index in [1.54, 1.807) is 28.8 Å². The predicted octanol–water partition coefficient (Wildman–Crippen LogP) is 1.11. The van der Waals surface area contributed by atoms with Crippen LogP contribution in [0.5, 0.6) is 0 Å². The molecule has 120 valence electrons. The van der Waals surface area contributed by atoms with Gasteiger partial charge in [-0.15, -0.1) is 11.8 Å². The minimum Gasteiger partial charge on any atom is -0.352 e. The number of thioether (sulfide) groups is 1. The number of hydrogen-bond acceptors (Lipinski definition) is 5. The van der Waals surface area contributed by atoms with E-state index in [4.69, 9.17) is 17.3 Å². The summed E-state index contributed by atoms with van der Waals surface area (Å²) in [5.74, 6) is 1.42. The van der Waals surface area contributed by atoms with Crippen molar-refractivity contribution < 1.29 is 9.59 Å². The predicted molar refractivity (Wildman–Crippen MR) is 87.8 cm³/mol. The second kappa shape index (κ2) is 8.36. The molecule has 1 aromatic rings. The van der Waals surface area contributed by atoms with Gasteiger partial charge in [0.05, 0.1) is 17.5 Å². The van der Waals surface area contributed by atoms with Gasteiger partial charge in [0.15, 0.2) is 0 Å². The molecule has 2 rings (SSSR count). The third-order valence-corrected chi connectivity index (χ3v) is 4.63. The topological polar surface area (TPSA) is 88.3 Å². The van der Waals surface area contributed by atoms with E-state index in [9.17, 15) is 9.59 Å². The van der Waals surface area contributed by atoms with Crippen molar-refractivity contribution in [2.45, 2.75) is 18.9 Å². The largest absolute Gasteiger partial charge is 0.352 e. The van der Waals surface area contributed by atoms with Gasteiger partial charge in [0.1, 0.15) is 5.15 Å². The van der Waals surface area contributed by atoms with Crippen molar-refractivity contribution in [1.29, 1.82) is 0 Å². The van der Waals surface area contributed by atoms with Gasteiger partial charge in [0, 0.05) is 25.0 Å². The lowest BCUT2D eigenvalue weighted by Crippen LogP contribution is -2.42. The monoisotopic (exact) mass is 342 g/mol. The number of hydrogen-bond donors (Lipinski definition) is 2. The highest BCUT2D eigenvalue weighted by Gasteiger charge is 2.23. The van der Waals surface area contributed by atoms with E-state index in [0.717, 1.165) is 18.2 Å². The van der Waals surface area contributed by atoms with E-state index in [2.05, 4.69) is 10.3 Å². The molecule has 3 N–H and O–H groups in total. The molecule has 1 unspecified atom stereocenters. The van der Waals surface area contributed by atoms with Crippen molar-refractivity contribution >= 4 is 35.2 Å². The van der Waals surface area contributed by atoms with Crippen LogP contribution >= 0.6 is 23.4 Å². The molecule has 6 nitrogen and oxygen atoms in total. The Morgan fingerprint density at radius 3 is 3.05 bits per heavy atom. The zero-order chi connectivity index (χ0) is 15.9. The fourth-order valence-corrected chi connectivity index (χ4v) is 3.28. The highest BCUT2D eigenvalue weighted by molar-refractivity contribution is 7.99. The number of nitrogens with two attached hydrogens (primary N) is 1. The molecule has 0 aromatic carbocycles. The van der Waals surface area contributed by atoms with E-state index < -0.39 is 6.04 Å². The fourth-order valence-electron chi connectivity index (χ4n) is 2.12. The summed E-state index contributed by atoms with van der Waals surface area (Å²) in [4.78, 5) is 29.6. The summed E-state index contributed by atoms with van der Waals surface area (Å²) < 4.78 is 0. The molecular weight excluding hydrogens is 324 g/mol. The van der Waals surface area contributed by atoms with E-state index in [1.807, 2.05) is 0 Å². The molecule has 0 radical (unpaired) electrons. The molecule has 1 aromatic heterocycles. The highest BCUT2D eigenvalue weighted by atomic mass is 35.5. The van der Waals surface area contributed by atoms with Crippen molar-refractivity contribution in [2.75, 3.05) is 24.7 Å². The van der Waals surface area contributed by atoms with Crippen LogP contribution in [0.25, 0.3) is 0 Å². The van der Waals surface area contributed by atoms with E-state index in [-0.39, 0.29) is 17.0 Å². The summed E-state index contributed by atoms with van der Waals surface area (Å²) in [6, 6.07) is 2.77. The fraction of sp³-hybridized carbons (Fsp3) is 0.500. The zero-order valence-corrected chi connectivity index (χ0v) is 13.7. The lowest BCUT2D eigenvalue weighted by atomic mass is 10.1. The molecule has 1 atom stereocenters. The van der Waals surface area contributed by atoms with Crippen LogP contribution in [0, 0.1) is 0 Å². The summed E-state index contributed by atoms with van der Waals surface area (Å²) >= 11 is 7.59. The van der Waals surface area contributed by atoms with Gasteiger partial charge in [0.2, 0.25) is 5.91 Å². The Bertz CT molecular complexity index is 537. The normalized spacial score (nSPS) is 15.6. The van der Waals surface area contributed by atoms with Crippen LogP contribution in [-0.4, -0.2) is 52.5 Å². The molecule has 1 saturated heterocycles. The number of carbonyl (C=O) groups is 2. The van der Waals surface area contributed by atoms with E-state index in [1.165, 1.54) is 6.20 Å². The van der Waals surface area contributed by atoms with Crippen LogP contribution in [-0.2, 0) is 4.79 Å². The van der Waals surface area contributed by atoms with Crippen LogP contribution < -0.4 is 11.1 Å². The number of nitrogens with one attached hydrogen (secondary N) is 1. The van der Waals surface area contributed by atoms with Gasteiger partial charge in [0.25, 0.3) is 5.91 Å². The summed E-state index contributed by atoms with van der Waals surface area (Å²) in [5, 5.41) is 2.93. The number of amides is 2. The Morgan fingerprint density at radius 2 is 2.36 bits per heavy atom. The van der Waals surface area contributed by atoms with Gasteiger partial charge in [-0.1, -0.05) is 11.6 Å². The van der Waals surface area contributed by atoms with E-state index >= 15 is 0 Å². The van der Waals surface area contributed by atoms with Crippen molar-refractivity contribution in [3.63, 3.8) is 0 Å². The van der Waals surface area contributed by atoms with E-state index in [0.29, 0.717) is 24.9 Å². The average molecular weight is 343 g/mol. The molecule has 2 amide bonds. The van der Waals surface area contributed by atoms with Crippen LogP contribution in [0.4, 0.5) is 0 Å². The Balaban J connectivity index is 1.69. The SMILES string of the molecule is NC(CCCNC(=O)c1cccnc1Cl)C(=O)N1CCSC1. The molecule has 0 saturated carbocycles. The first-order chi connectivity index (χ1) is 10.6. The maximum atomic E-state index is 12.0. The first-order valence-electron chi connectivity index (χ1n) is 7.10. The van der Waals surface area contributed by atoms with Crippen molar-refractivity contribution in [1.82, 2.24) is 15.2 Å². The zero-order valence-electron chi connectivity index (χ0n) is 12.1. The summed E-state index contributed by atoms with van der Waals surface area (Å²) in [5.41, 5.74) is 6.25. The van der Waals surface area contributed by atoms with Gasteiger partial charge in [-0.3, -0.25) is 9.59 Å². The second-order valence-electron chi connectivity index (χ2n) is 4.99. The number of rotatable bonds is 6. The van der Waals surface area contributed by atoms with Crippen molar-refractivity contribution in [3.8, 4) is 0 Å². The van der Waals surface area contributed by atoms with Gasteiger partial charge in [-0.2, -0.15) is 0 Å². The average Bonchev–Trinajstić information content (AvgIpc) is 3.05. The molecule has 1 aliphatic rings. The molecule has 22 heavy (non-hydrogen) atoms. The van der Waals surface area contributed by atoms with Crippen molar-refractivity contribution in [2.24, 2.45) is 5.73 Å². The highest BCUT2D eigenvalue weighted by Crippen LogP contribution is 2.15. The van der Waals surface area contributed by atoms with Crippen LogP contribution in [0.15, 0.2) is 18.3 Å². The number of nitrogens with zero attached hydrogens (tertiary/aromatic N) is 2. The number of carbonyl (C=O) groups excluding carboxylic acids is 2. The maximum Gasteiger partial charge on any atom is 0.254 e. The second-order valence-corrected chi connectivity index (χ2v) is 6.42. The molecule has 8 heteroatoms. The molecular formula is C14H19ClN4O2S. The lowest BCUT2D eigenvalue weighted by Gasteiger charge is -2.19. The molecule has 2 heterocycles. The summed E-state index contributed by atoms with van der Waals surface area (Å²) in [7, 11) is 0. The Morgan fingerprint density at radius 1 is 1.55 bits per heavy atom. The lowest BCUT2D eigenvalue weighted by molar-refractivity contribution is -0.131. The summed E-state index contributed by atoms with van der Waals surface area (Å²) in [6.07, 6.45) is 2.71. The maximum absolute atomic E-state index is 12.0. The van der Waals surface area contributed by atoms with Gasteiger partial charge in [-0.05, 0) is 25.0 Å². The number of halogens is 1. The molecule has 0 spiro atoms. The summed E-state index contributed by atoms with van der Waals surface area (Å²) in [6.45, 7) is 1.22. The van der Waals surface area contributed by atoms with Crippen LogP contribution in [0.3, 0.4) is 0 Å². The van der Waals surface area contributed by atoms with Crippen LogP contribution in [0.2, 0.25) is 5.15 Å². The van der Waals surface area contributed by atoms with Crippen LogP contribution in [0.1, 0.15) is 23.2 Å². The molecule has 1 fully saturated rings. The van der Waals surface area contributed by atoms with Gasteiger partial charge in [-0.25, -0.2) is 4.98 Å². The smallest absolute Gasteiger partial charge is 0.254 e. The first kappa shape index (κ1) is 17.1. The van der Waals surface area contributed by atoms with Crippen molar-refractivity contribution in [3.05, 3.63) is 29.0 Å². The molecule has 0 bridgehead atoms. The standard InChI is InChI=1S/C14H19ClN4O2S/c15-12-10(3-1-5-17-12)13(20)18-6-2-4-11(16)14(21)19-7-8-22-9-19/h1,3,5,11H,2,4,6-9,16H2,(H,18,20). The Labute approximate surface area is 138 Å².